The van der Waals surface area contributed by atoms with Gasteiger partial charge in [-0.1, -0.05) is 42.5 Å². The minimum absolute atomic E-state index is 0.0673. The Morgan fingerprint density at radius 3 is 2.50 bits per heavy atom. The summed E-state index contributed by atoms with van der Waals surface area (Å²) in [6.07, 6.45) is 2.30. The summed E-state index contributed by atoms with van der Waals surface area (Å²) in [6.45, 7) is 0.435. The van der Waals surface area contributed by atoms with Gasteiger partial charge in [-0.25, -0.2) is 4.39 Å². The second kappa shape index (κ2) is 6.95. The van der Waals surface area contributed by atoms with Gasteiger partial charge in [-0.3, -0.25) is 9.78 Å². The highest BCUT2D eigenvalue weighted by Gasteiger charge is 2.33. The van der Waals surface area contributed by atoms with Crippen molar-refractivity contribution in [3.05, 3.63) is 94.9 Å². The van der Waals surface area contributed by atoms with E-state index in [4.69, 9.17) is 0 Å². The summed E-state index contributed by atoms with van der Waals surface area (Å²) in [7, 11) is 1.73. The van der Waals surface area contributed by atoms with Gasteiger partial charge in [0.25, 0.3) is 5.91 Å². The van der Waals surface area contributed by atoms with Crippen molar-refractivity contribution >= 4 is 16.8 Å². The molecule has 0 saturated heterocycles. The summed E-state index contributed by atoms with van der Waals surface area (Å²) in [4.78, 5) is 18.8. The van der Waals surface area contributed by atoms with Gasteiger partial charge in [-0.2, -0.15) is 0 Å². The molecule has 1 amide bonds. The average molecular weight is 398 g/mol. The number of aromatic nitrogens is 1. The number of carbonyl (C=O) groups excluding carboxylic acids is 1. The number of pyridine rings is 1. The molecule has 148 valence electrons. The molecule has 5 rings (SSSR count). The van der Waals surface area contributed by atoms with Crippen LogP contribution in [0, 0.1) is 5.82 Å². The van der Waals surface area contributed by atoms with Crippen molar-refractivity contribution in [1.82, 2.24) is 9.88 Å². The van der Waals surface area contributed by atoms with Crippen molar-refractivity contribution in [1.29, 1.82) is 0 Å². The Balaban J connectivity index is 1.75. The Hall–Kier alpha value is -3.73. The molecule has 4 aromatic rings. The highest BCUT2D eigenvalue weighted by Crippen LogP contribution is 2.43. The first-order chi connectivity index (χ1) is 14.5. The molecule has 0 fully saturated rings. The van der Waals surface area contributed by atoms with Gasteiger partial charge < -0.3 is 10.0 Å². The largest absolute Gasteiger partial charge is 0.505 e. The Morgan fingerprint density at radius 1 is 1.03 bits per heavy atom. The Labute approximate surface area is 173 Å². The number of halogens is 1. The van der Waals surface area contributed by atoms with Gasteiger partial charge in [0, 0.05) is 25.2 Å². The number of rotatable bonds is 3. The van der Waals surface area contributed by atoms with E-state index < -0.39 is 0 Å². The van der Waals surface area contributed by atoms with Crippen LogP contribution in [0.5, 0.6) is 5.75 Å². The van der Waals surface area contributed by atoms with Crippen molar-refractivity contribution in [2.24, 2.45) is 0 Å². The van der Waals surface area contributed by atoms with Crippen molar-refractivity contribution in [3.63, 3.8) is 0 Å². The zero-order valence-corrected chi connectivity index (χ0v) is 16.4. The minimum atomic E-state index is -0.268. The van der Waals surface area contributed by atoms with Gasteiger partial charge in [0.05, 0.1) is 5.56 Å². The molecule has 0 spiro atoms. The van der Waals surface area contributed by atoms with Crippen LogP contribution in [0.25, 0.3) is 22.0 Å². The van der Waals surface area contributed by atoms with Crippen LogP contribution in [-0.2, 0) is 13.0 Å². The molecular formula is C25H19FN2O2. The first-order valence-corrected chi connectivity index (χ1v) is 9.74. The average Bonchev–Trinajstić information content (AvgIpc) is 3.05. The lowest BCUT2D eigenvalue weighted by molar-refractivity contribution is 0.0814. The van der Waals surface area contributed by atoms with Crippen LogP contribution in [0.4, 0.5) is 4.39 Å². The zero-order chi connectivity index (χ0) is 20.8. The predicted octanol–water partition coefficient (Wildman–Crippen LogP) is 4.92. The number of aromatic hydroxyl groups is 1. The maximum Gasteiger partial charge on any atom is 0.258 e. The van der Waals surface area contributed by atoms with Crippen LogP contribution in [-0.4, -0.2) is 27.9 Å². The molecule has 0 aliphatic carbocycles. The van der Waals surface area contributed by atoms with Crippen molar-refractivity contribution in [2.45, 2.75) is 13.0 Å². The normalized spacial score (nSPS) is 13.1. The number of hydrogen-bond acceptors (Lipinski definition) is 3. The van der Waals surface area contributed by atoms with E-state index >= 15 is 0 Å². The lowest BCUT2D eigenvalue weighted by atomic mass is 9.90. The van der Waals surface area contributed by atoms with E-state index in [9.17, 15) is 14.3 Å². The summed E-state index contributed by atoms with van der Waals surface area (Å²) in [5.74, 6) is -0.530. The van der Waals surface area contributed by atoms with Gasteiger partial charge in [0.2, 0.25) is 0 Å². The molecule has 0 radical (unpaired) electrons. The van der Waals surface area contributed by atoms with Crippen molar-refractivity contribution in [2.75, 3.05) is 7.05 Å². The summed E-state index contributed by atoms with van der Waals surface area (Å²) in [6, 6.07) is 18.3. The highest BCUT2D eigenvalue weighted by molar-refractivity contribution is 6.12. The fourth-order valence-corrected chi connectivity index (χ4v) is 4.19. The minimum Gasteiger partial charge on any atom is -0.505 e. The number of carbonyl (C=O) groups is 1. The third-order valence-corrected chi connectivity index (χ3v) is 5.62. The van der Waals surface area contributed by atoms with Crippen molar-refractivity contribution in [3.8, 4) is 16.9 Å². The van der Waals surface area contributed by atoms with E-state index in [0.29, 0.717) is 24.0 Å². The van der Waals surface area contributed by atoms with E-state index in [1.54, 1.807) is 30.3 Å². The number of benzene rings is 3. The van der Waals surface area contributed by atoms with Gasteiger partial charge in [0.1, 0.15) is 11.3 Å². The van der Waals surface area contributed by atoms with Gasteiger partial charge >= 0.3 is 0 Å². The van der Waals surface area contributed by atoms with Crippen molar-refractivity contribution < 1.29 is 14.3 Å². The molecule has 5 heteroatoms. The topological polar surface area (TPSA) is 53.4 Å². The van der Waals surface area contributed by atoms with Crippen LogP contribution in [0.1, 0.15) is 27.0 Å². The van der Waals surface area contributed by atoms with E-state index in [2.05, 4.69) is 4.98 Å². The maximum atomic E-state index is 13.2. The number of nitrogens with zero attached hydrogens (tertiary/aromatic N) is 2. The second-order valence-corrected chi connectivity index (χ2v) is 7.65. The monoisotopic (exact) mass is 398 g/mol. The second-order valence-electron chi connectivity index (χ2n) is 7.65. The molecule has 1 aromatic heterocycles. The quantitative estimate of drug-likeness (QED) is 0.533. The first kappa shape index (κ1) is 18.3. The highest BCUT2D eigenvalue weighted by atomic mass is 19.1. The number of hydrogen-bond donors (Lipinski definition) is 1. The van der Waals surface area contributed by atoms with Crippen LogP contribution in [0.2, 0.25) is 0 Å². The van der Waals surface area contributed by atoms with Gasteiger partial charge in [-0.15, -0.1) is 0 Å². The third kappa shape index (κ3) is 2.90. The number of fused-ring (bicyclic) bond motifs is 2. The molecule has 1 aliphatic rings. The number of phenolic OH excluding ortho intramolecular Hbond substituents is 1. The standard InChI is InChI=1S/C25H19FN2O2/c1-28-14-20-21(17-5-3-2-4-6-17)19-12-16(11-15-7-9-18(26)10-8-15)13-27-23(19)24(29)22(20)25(28)30/h2-10,12-13,29H,11,14H2,1H3. The number of phenols is 1. The third-order valence-electron chi connectivity index (χ3n) is 5.62. The molecular weight excluding hydrogens is 379 g/mol. The lowest BCUT2D eigenvalue weighted by Crippen LogP contribution is -2.17. The maximum absolute atomic E-state index is 13.2. The molecule has 3 aromatic carbocycles. The number of amides is 1. The molecule has 30 heavy (non-hydrogen) atoms. The van der Waals surface area contributed by atoms with Crippen LogP contribution >= 0.6 is 0 Å². The SMILES string of the molecule is CN1Cc2c(c(O)c3ncc(Cc4ccc(F)cc4)cc3c2-c2ccccc2)C1=O. The molecule has 4 nitrogen and oxygen atoms in total. The lowest BCUT2D eigenvalue weighted by Gasteiger charge is -2.15. The molecule has 1 N–H and O–H groups in total. The fraction of sp³-hybridized carbons (Fsp3) is 0.120. The Kier molecular flexibility index (Phi) is 4.24. The predicted molar refractivity (Wildman–Crippen MR) is 114 cm³/mol. The Morgan fingerprint density at radius 2 is 1.77 bits per heavy atom. The van der Waals surface area contributed by atoms with Crippen LogP contribution in [0.15, 0.2) is 66.9 Å². The molecule has 0 atom stereocenters. The molecule has 1 aliphatic heterocycles. The fourth-order valence-electron chi connectivity index (χ4n) is 4.19. The summed E-state index contributed by atoms with van der Waals surface area (Å²) in [5.41, 5.74) is 5.38. The van der Waals surface area contributed by atoms with Gasteiger partial charge in [-0.05, 0) is 52.4 Å². The summed E-state index contributed by atoms with van der Waals surface area (Å²) < 4.78 is 13.2. The van der Waals surface area contributed by atoms with Crippen LogP contribution in [0.3, 0.4) is 0 Å². The van der Waals surface area contributed by atoms with E-state index in [1.807, 2.05) is 36.4 Å². The van der Waals surface area contributed by atoms with E-state index in [1.165, 1.54) is 12.1 Å². The molecule has 0 saturated carbocycles. The zero-order valence-electron chi connectivity index (χ0n) is 16.4. The van der Waals surface area contributed by atoms with E-state index in [0.717, 1.165) is 33.2 Å². The summed E-state index contributed by atoms with van der Waals surface area (Å²) >= 11 is 0. The molecule has 2 heterocycles. The Bertz CT molecular complexity index is 1280. The first-order valence-electron chi connectivity index (χ1n) is 9.74. The van der Waals surface area contributed by atoms with Crippen LogP contribution < -0.4 is 0 Å². The van der Waals surface area contributed by atoms with E-state index in [-0.39, 0.29) is 17.5 Å². The molecule has 0 unspecified atom stereocenters. The smallest absolute Gasteiger partial charge is 0.258 e. The summed E-state index contributed by atoms with van der Waals surface area (Å²) in [5, 5.41) is 11.7. The van der Waals surface area contributed by atoms with Gasteiger partial charge in [0.15, 0.2) is 5.75 Å². The molecule has 0 bridgehead atoms.